The highest BCUT2D eigenvalue weighted by Gasteiger charge is 2.48. The Morgan fingerprint density at radius 3 is 1.77 bits per heavy atom. The highest BCUT2D eigenvalue weighted by Crippen LogP contribution is 2.43. The van der Waals surface area contributed by atoms with Crippen LogP contribution in [0.5, 0.6) is 0 Å². The molecule has 3 aliphatic heterocycles. The number of ether oxygens (including phenoxy) is 2. The second kappa shape index (κ2) is 17.2. The van der Waals surface area contributed by atoms with Gasteiger partial charge in [0.1, 0.15) is 17.7 Å². The molecule has 0 bridgehead atoms. The van der Waals surface area contributed by atoms with Gasteiger partial charge in [-0.1, -0.05) is 91.0 Å². The van der Waals surface area contributed by atoms with Crippen molar-refractivity contribution in [3.63, 3.8) is 0 Å². The highest BCUT2D eigenvalue weighted by molar-refractivity contribution is 5.93. The second-order valence-electron chi connectivity index (χ2n) is 17.7. The van der Waals surface area contributed by atoms with Crippen LogP contribution in [0.3, 0.4) is 0 Å². The molecular formula is C46H60N4O6. The van der Waals surface area contributed by atoms with Crippen molar-refractivity contribution in [2.24, 2.45) is 5.92 Å². The van der Waals surface area contributed by atoms with Crippen molar-refractivity contribution in [3.8, 4) is 0 Å². The molecule has 10 nitrogen and oxygen atoms in total. The molecule has 0 unspecified atom stereocenters. The number of nitrogens with zero attached hydrogens (tertiary/aromatic N) is 3. The fourth-order valence-electron chi connectivity index (χ4n) is 8.78. The van der Waals surface area contributed by atoms with Crippen molar-refractivity contribution in [1.82, 2.24) is 20.0 Å². The molecule has 0 aliphatic carbocycles. The van der Waals surface area contributed by atoms with E-state index in [4.69, 9.17) is 9.47 Å². The molecule has 0 spiro atoms. The van der Waals surface area contributed by atoms with Crippen LogP contribution in [-0.4, -0.2) is 101 Å². The minimum atomic E-state index is -0.828. The zero-order valence-electron chi connectivity index (χ0n) is 34.0. The minimum absolute atomic E-state index is 0.0862. The number of nitrogens with one attached hydrogen (secondary N) is 1. The lowest BCUT2D eigenvalue weighted by atomic mass is 9.67. The normalized spacial score (nSPS) is 21.9. The van der Waals surface area contributed by atoms with Gasteiger partial charge in [0, 0.05) is 45.6 Å². The number of piperidine rings is 1. The summed E-state index contributed by atoms with van der Waals surface area (Å²) in [6.45, 7) is 13.8. The molecule has 4 amide bonds. The van der Waals surface area contributed by atoms with Gasteiger partial charge >= 0.3 is 6.09 Å². The summed E-state index contributed by atoms with van der Waals surface area (Å²) in [5.74, 6) is -0.468. The number of hydrogen-bond donors (Lipinski definition) is 1. The molecule has 56 heavy (non-hydrogen) atoms. The molecule has 3 aliphatic rings. The monoisotopic (exact) mass is 764 g/mol. The van der Waals surface area contributed by atoms with Crippen LogP contribution in [0.1, 0.15) is 96.8 Å². The third kappa shape index (κ3) is 9.63. The molecule has 10 heteroatoms. The SMILES string of the molecule is CC(C)(C)OC(=O)N1CCC[C@H](CNC(=O)[C@H]2CCCN2C(=O)[C@@H]2C[C@@H](OC(C)(C)C)CN2C(=O)CC(c2ccccc2)(c2ccccc2)c2ccccc2)C1. The molecule has 3 heterocycles. The van der Waals surface area contributed by atoms with E-state index in [1.54, 1.807) is 14.7 Å². The van der Waals surface area contributed by atoms with Gasteiger partial charge in [-0.25, -0.2) is 4.79 Å². The quantitative estimate of drug-likeness (QED) is 0.224. The molecule has 3 fully saturated rings. The largest absolute Gasteiger partial charge is 0.444 e. The summed E-state index contributed by atoms with van der Waals surface area (Å²) in [5, 5.41) is 3.12. The first-order valence-electron chi connectivity index (χ1n) is 20.3. The van der Waals surface area contributed by atoms with Gasteiger partial charge < -0.3 is 29.5 Å². The molecule has 3 aromatic carbocycles. The number of rotatable bonds is 10. The van der Waals surface area contributed by atoms with Gasteiger partial charge in [0.15, 0.2) is 0 Å². The third-order valence-electron chi connectivity index (χ3n) is 11.2. The van der Waals surface area contributed by atoms with Crippen molar-refractivity contribution in [1.29, 1.82) is 0 Å². The highest BCUT2D eigenvalue weighted by atomic mass is 16.6. The van der Waals surface area contributed by atoms with Gasteiger partial charge in [0.05, 0.1) is 17.1 Å². The number of carbonyl (C=O) groups excluding carboxylic acids is 4. The van der Waals surface area contributed by atoms with E-state index in [2.05, 4.69) is 41.7 Å². The van der Waals surface area contributed by atoms with Crippen LogP contribution in [0, 0.1) is 5.92 Å². The van der Waals surface area contributed by atoms with Crippen molar-refractivity contribution >= 4 is 23.8 Å². The molecule has 0 radical (unpaired) electrons. The van der Waals surface area contributed by atoms with Crippen LogP contribution in [0.25, 0.3) is 0 Å². The summed E-state index contributed by atoms with van der Waals surface area (Å²) in [4.78, 5) is 61.5. The van der Waals surface area contributed by atoms with E-state index >= 15 is 4.79 Å². The molecule has 0 aromatic heterocycles. The van der Waals surface area contributed by atoms with Crippen LogP contribution in [0.4, 0.5) is 4.79 Å². The number of hydrogen-bond acceptors (Lipinski definition) is 6. The summed E-state index contributed by atoms with van der Waals surface area (Å²) in [6, 6.07) is 28.9. The molecule has 300 valence electrons. The predicted molar refractivity (Wildman–Crippen MR) is 217 cm³/mol. The maximum absolute atomic E-state index is 15.0. The Bertz CT molecular complexity index is 1710. The van der Waals surface area contributed by atoms with Crippen LogP contribution in [-0.2, 0) is 29.3 Å². The Hall–Kier alpha value is -4.70. The minimum Gasteiger partial charge on any atom is -0.444 e. The summed E-state index contributed by atoms with van der Waals surface area (Å²) in [5.41, 5.74) is 1.07. The van der Waals surface area contributed by atoms with Crippen LogP contribution in [0.15, 0.2) is 91.0 Å². The molecule has 3 saturated heterocycles. The van der Waals surface area contributed by atoms with Gasteiger partial charge in [-0.15, -0.1) is 0 Å². The Kier molecular flexibility index (Phi) is 12.6. The Balaban J connectivity index is 1.23. The average molecular weight is 765 g/mol. The Labute approximate surface area is 332 Å². The first kappa shape index (κ1) is 40.9. The lowest BCUT2D eigenvalue weighted by molar-refractivity contribution is -0.147. The maximum atomic E-state index is 15.0. The molecule has 3 aromatic rings. The van der Waals surface area contributed by atoms with E-state index in [1.807, 2.05) is 96.1 Å². The number of amides is 4. The first-order chi connectivity index (χ1) is 26.6. The fraction of sp³-hybridized carbons (Fsp3) is 0.522. The van der Waals surface area contributed by atoms with E-state index in [-0.39, 0.29) is 48.8 Å². The van der Waals surface area contributed by atoms with Crippen LogP contribution >= 0.6 is 0 Å². The first-order valence-corrected chi connectivity index (χ1v) is 20.3. The third-order valence-corrected chi connectivity index (χ3v) is 11.2. The van der Waals surface area contributed by atoms with Crippen molar-refractivity contribution < 1.29 is 28.7 Å². The molecule has 4 atom stereocenters. The topological polar surface area (TPSA) is 108 Å². The van der Waals surface area contributed by atoms with Crippen molar-refractivity contribution in [2.45, 2.75) is 115 Å². The summed E-state index contributed by atoms with van der Waals surface area (Å²) in [6.07, 6.45) is 2.73. The maximum Gasteiger partial charge on any atom is 0.410 e. The van der Waals surface area contributed by atoms with Gasteiger partial charge in [-0.2, -0.15) is 0 Å². The standard InChI is InChI=1S/C46H60N4O6/c1-44(2,3)55-37-28-39(42(53)49-27-17-25-38(49)41(52)47-30-33-18-16-26-48(31-33)43(54)56-45(4,5)6)50(32-37)40(51)29-46(34-19-10-7-11-20-34,35-21-12-8-13-22-35)36-23-14-9-15-24-36/h7-15,19-24,33,37-39H,16-18,25-32H2,1-6H3,(H,47,52)/t33-,37-,38-,39+/m1/s1. The average Bonchev–Trinajstić information content (AvgIpc) is 3.84. The van der Waals surface area contributed by atoms with Crippen molar-refractivity contribution in [2.75, 3.05) is 32.7 Å². The van der Waals surface area contributed by atoms with E-state index in [0.717, 1.165) is 29.5 Å². The van der Waals surface area contributed by atoms with Gasteiger partial charge in [-0.05, 0) is 89.8 Å². The van der Waals surface area contributed by atoms with Crippen LogP contribution in [0.2, 0.25) is 0 Å². The van der Waals surface area contributed by atoms with Crippen molar-refractivity contribution in [3.05, 3.63) is 108 Å². The Morgan fingerprint density at radius 2 is 1.23 bits per heavy atom. The summed E-state index contributed by atoms with van der Waals surface area (Å²) >= 11 is 0. The van der Waals surface area contributed by atoms with E-state index < -0.39 is 28.7 Å². The van der Waals surface area contributed by atoms with Gasteiger partial charge in [-0.3, -0.25) is 14.4 Å². The van der Waals surface area contributed by atoms with E-state index in [9.17, 15) is 14.4 Å². The number of benzene rings is 3. The lowest BCUT2D eigenvalue weighted by Crippen LogP contribution is -2.54. The molecule has 1 N–H and O–H groups in total. The molecular weight excluding hydrogens is 705 g/mol. The predicted octanol–water partition coefficient (Wildman–Crippen LogP) is 6.95. The van der Waals surface area contributed by atoms with Gasteiger partial charge in [0.25, 0.3) is 0 Å². The second-order valence-corrected chi connectivity index (χ2v) is 17.7. The smallest absolute Gasteiger partial charge is 0.410 e. The summed E-state index contributed by atoms with van der Waals surface area (Å²) < 4.78 is 12.1. The van der Waals surface area contributed by atoms with E-state index in [1.165, 1.54) is 0 Å². The van der Waals surface area contributed by atoms with Gasteiger partial charge in [0.2, 0.25) is 17.7 Å². The number of carbonyl (C=O) groups is 4. The summed E-state index contributed by atoms with van der Waals surface area (Å²) in [7, 11) is 0. The van der Waals surface area contributed by atoms with E-state index in [0.29, 0.717) is 45.4 Å². The number of likely N-dealkylation sites (tertiary alicyclic amines) is 3. The zero-order valence-corrected chi connectivity index (χ0v) is 34.0. The van der Waals surface area contributed by atoms with Crippen LogP contribution < -0.4 is 5.32 Å². The Morgan fingerprint density at radius 1 is 0.679 bits per heavy atom. The molecule has 6 rings (SSSR count). The lowest BCUT2D eigenvalue weighted by Gasteiger charge is -2.38. The zero-order chi connectivity index (χ0) is 40.1. The molecule has 0 saturated carbocycles. The fourth-order valence-corrected chi connectivity index (χ4v) is 8.78.